The minimum absolute atomic E-state index is 0.0679. The van der Waals surface area contributed by atoms with Crippen LogP contribution < -0.4 is 9.46 Å². The second kappa shape index (κ2) is 15.7. The third kappa shape index (κ3) is 8.87. The molecule has 11 nitrogen and oxygen atoms in total. The second-order valence-corrected chi connectivity index (χ2v) is 16.5. The normalized spacial score (nSPS) is 21.2. The highest BCUT2D eigenvalue weighted by Crippen LogP contribution is 2.30. The van der Waals surface area contributed by atoms with Crippen LogP contribution >= 0.6 is 11.3 Å². The maximum atomic E-state index is 14.3. The van der Waals surface area contributed by atoms with Crippen LogP contribution in [-0.4, -0.2) is 88.7 Å². The number of thiophene rings is 1. The molecule has 0 fully saturated rings. The van der Waals surface area contributed by atoms with E-state index in [1.54, 1.807) is 54.8 Å². The number of amides is 1. The Kier molecular flexibility index (Phi) is 12.2. The summed E-state index contributed by atoms with van der Waals surface area (Å²) in [6.07, 6.45) is 1.35. The molecule has 0 radical (unpaired) electrons. The van der Waals surface area contributed by atoms with Crippen molar-refractivity contribution in [2.45, 2.75) is 67.4 Å². The molecule has 46 heavy (non-hydrogen) atoms. The number of nitrogens with zero attached hydrogens (tertiary/aromatic N) is 2. The van der Waals surface area contributed by atoms with E-state index in [1.807, 2.05) is 13.8 Å². The summed E-state index contributed by atoms with van der Waals surface area (Å²) in [6, 6.07) is 15.1. The van der Waals surface area contributed by atoms with Crippen LogP contribution in [0.3, 0.4) is 0 Å². The number of sulfonamides is 2. The van der Waals surface area contributed by atoms with Gasteiger partial charge < -0.3 is 19.5 Å². The van der Waals surface area contributed by atoms with E-state index in [9.17, 15) is 26.7 Å². The number of rotatable bonds is 9. The lowest BCUT2D eigenvalue weighted by molar-refractivity contribution is -0.00832. The Balaban J connectivity index is 1.68. The minimum atomic E-state index is -3.93. The van der Waals surface area contributed by atoms with Gasteiger partial charge in [-0.2, -0.15) is 4.31 Å². The third-order valence-corrected chi connectivity index (χ3v) is 12.5. The molecule has 2 heterocycles. The first-order valence-corrected chi connectivity index (χ1v) is 19.1. The van der Waals surface area contributed by atoms with Gasteiger partial charge in [-0.25, -0.2) is 16.8 Å². The Labute approximate surface area is 276 Å². The first-order valence-electron chi connectivity index (χ1n) is 15.2. The molecule has 2 N–H and O–H groups in total. The quantitative estimate of drug-likeness (QED) is 0.330. The van der Waals surface area contributed by atoms with Crippen molar-refractivity contribution in [2.24, 2.45) is 5.92 Å². The monoisotopic (exact) mass is 693 g/mol. The van der Waals surface area contributed by atoms with Gasteiger partial charge in [0, 0.05) is 38.3 Å². The smallest absolute Gasteiger partial charge is 0.261 e. The van der Waals surface area contributed by atoms with Crippen molar-refractivity contribution in [3.8, 4) is 5.75 Å². The van der Waals surface area contributed by atoms with Crippen molar-refractivity contribution in [3.63, 3.8) is 0 Å². The topological polar surface area (TPSA) is 143 Å². The number of aliphatic hydroxyl groups excluding tert-OH is 1. The number of carbonyl (C=O) groups excluding carboxylic acids is 1. The van der Waals surface area contributed by atoms with Crippen molar-refractivity contribution in [1.29, 1.82) is 0 Å². The van der Waals surface area contributed by atoms with E-state index in [0.717, 1.165) is 24.2 Å². The van der Waals surface area contributed by atoms with Crippen LogP contribution in [0.5, 0.6) is 5.75 Å². The van der Waals surface area contributed by atoms with Crippen LogP contribution in [0.2, 0.25) is 0 Å². The van der Waals surface area contributed by atoms with E-state index < -0.39 is 38.1 Å². The number of ether oxygens (including phenoxy) is 2. The highest BCUT2D eigenvalue weighted by atomic mass is 32.2. The van der Waals surface area contributed by atoms with E-state index in [-0.39, 0.29) is 52.1 Å². The maximum Gasteiger partial charge on any atom is 0.261 e. The molecule has 2 aromatic carbocycles. The number of benzene rings is 2. The Morgan fingerprint density at radius 3 is 2.48 bits per heavy atom. The van der Waals surface area contributed by atoms with Crippen LogP contribution in [0.1, 0.15) is 50.4 Å². The second-order valence-electron chi connectivity index (χ2n) is 11.6. The molecule has 1 aliphatic rings. The van der Waals surface area contributed by atoms with Crippen molar-refractivity contribution in [2.75, 3.05) is 38.1 Å². The summed E-state index contributed by atoms with van der Waals surface area (Å²) in [5.41, 5.74) is 0.319. The van der Waals surface area contributed by atoms with Gasteiger partial charge in [-0.3, -0.25) is 9.52 Å². The van der Waals surface area contributed by atoms with Crippen molar-refractivity contribution in [1.82, 2.24) is 9.21 Å². The van der Waals surface area contributed by atoms with Crippen molar-refractivity contribution in [3.05, 3.63) is 71.6 Å². The summed E-state index contributed by atoms with van der Waals surface area (Å²) < 4.78 is 69.2. The highest BCUT2D eigenvalue weighted by Gasteiger charge is 2.33. The predicted molar refractivity (Wildman–Crippen MR) is 178 cm³/mol. The number of aliphatic hydroxyl groups is 1. The zero-order valence-corrected chi connectivity index (χ0v) is 29.0. The summed E-state index contributed by atoms with van der Waals surface area (Å²) in [5.74, 6) is -0.508. The number of likely N-dealkylation sites (N-methyl/N-ethyl adjacent to an activating group) is 1. The summed E-state index contributed by atoms with van der Waals surface area (Å²) in [7, 11) is -6.15. The van der Waals surface area contributed by atoms with Crippen molar-refractivity contribution < 1.29 is 36.2 Å². The molecule has 252 valence electrons. The van der Waals surface area contributed by atoms with Crippen LogP contribution in [0.25, 0.3) is 0 Å². The molecule has 0 bridgehead atoms. The van der Waals surface area contributed by atoms with E-state index in [0.29, 0.717) is 18.8 Å². The summed E-state index contributed by atoms with van der Waals surface area (Å²) >= 11 is 1.14. The summed E-state index contributed by atoms with van der Waals surface area (Å²) in [5, 5.41) is 11.9. The van der Waals surface area contributed by atoms with Gasteiger partial charge in [0.05, 0.1) is 35.3 Å². The molecular weight excluding hydrogens is 651 g/mol. The number of hydrogen-bond acceptors (Lipinski definition) is 9. The molecule has 0 saturated carbocycles. The molecule has 0 spiro atoms. The predicted octanol–water partition coefficient (Wildman–Crippen LogP) is 4.67. The van der Waals surface area contributed by atoms with Gasteiger partial charge >= 0.3 is 0 Å². The molecule has 4 rings (SSSR count). The van der Waals surface area contributed by atoms with Gasteiger partial charge in [0.15, 0.2) is 0 Å². The van der Waals surface area contributed by atoms with Gasteiger partial charge in [-0.15, -0.1) is 11.3 Å². The number of anilines is 1. The number of fused-ring (bicyclic) bond motifs is 1. The fraction of sp³-hybridized carbons (Fsp3) is 0.469. The lowest BCUT2D eigenvalue weighted by atomic mass is 10.0. The third-order valence-electron chi connectivity index (χ3n) is 7.95. The molecule has 0 saturated heterocycles. The average molecular weight is 694 g/mol. The van der Waals surface area contributed by atoms with Gasteiger partial charge in [0.25, 0.3) is 26.0 Å². The molecule has 0 unspecified atom stereocenters. The molecule has 14 heteroatoms. The Morgan fingerprint density at radius 1 is 1.07 bits per heavy atom. The zero-order valence-electron chi connectivity index (χ0n) is 26.5. The minimum Gasteiger partial charge on any atom is -0.490 e. The van der Waals surface area contributed by atoms with Crippen LogP contribution in [0, 0.1) is 5.92 Å². The van der Waals surface area contributed by atoms with Gasteiger partial charge in [0.2, 0.25) is 0 Å². The molecule has 1 amide bonds. The van der Waals surface area contributed by atoms with Crippen LogP contribution in [0.15, 0.2) is 75.1 Å². The molecule has 3 aromatic rings. The largest absolute Gasteiger partial charge is 0.490 e. The van der Waals surface area contributed by atoms with Gasteiger partial charge in [-0.05, 0) is 74.9 Å². The lowest BCUT2D eigenvalue weighted by Crippen LogP contribution is -2.48. The average Bonchev–Trinajstić information content (AvgIpc) is 3.59. The van der Waals surface area contributed by atoms with Crippen LogP contribution in [0.4, 0.5) is 5.69 Å². The molecule has 1 aliphatic heterocycles. The van der Waals surface area contributed by atoms with E-state index in [2.05, 4.69) is 4.72 Å². The molecule has 1 aromatic heterocycles. The summed E-state index contributed by atoms with van der Waals surface area (Å²) in [4.78, 5) is 15.9. The first-order chi connectivity index (χ1) is 21.8. The Morgan fingerprint density at radius 2 is 1.80 bits per heavy atom. The fourth-order valence-electron chi connectivity index (χ4n) is 5.18. The lowest BCUT2D eigenvalue weighted by Gasteiger charge is -2.35. The van der Waals surface area contributed by atoms with Crippen molar-refractivity contribution >= 4 is 43.0 Å². The molecule has 4 atom stereocenters. The number of nitrogens with one attached hydrogen (secondary N) is 1. The SMILES string of the molecule is C[C@@H]1CCCCO[C@H](CN(C)S(=O)(=O)c2cccs2)[C@H](C)CN([C@H](C)CO)C(=O)c2cc(NS(=O)(=O)c3ccccc3)ccc2O1. The molecule has 0 aliphatic carbocycles. The standard InChI is InChI=1S/C32H43N3O8S3/c1-23-20-35(24(2)22-36)32(37)28-19-26(33-45(38,39)27-12-6-5-7-13-27)15-16-29(28)43-25(3)11-8-9-17-42-30(23)21-34(4)46(40,41)31-14-10-18-44-31/h5-7,10,12-16,18-19,23-25,30,33,36H,8-9,11,17,20-22H2,1-4H3/t23-,24-,25-,30-/m1/s1. The van der Waals surface area contributed by atoms with E-state index >= 15 is 0 Å². The Bertz CT molecular complexity index is 1650. The first kappa shape index (κ1) is 35.8. The number of hydrogen-bond donors (Lipinski definition) is 2. The highest BCUT2D eigenvalue weighted by molar-refractivity contribution is 7.92. The fourth-order valence-corrected chi connectivity index (χ4v) is 8.63. The maximum absolute atomic E-state index is 14.3. The van der Waals surface area contributed by atoms with Crippen LogP contribution in [-0.2, 0) is 24.8 Å². The van der Waals surface area contributed by atoms with Gasteiger partial charge in [-0.1, -0.05) is 31.2 Å². The summed E-state index contributed by atoms with van der Waals surface area (Å²) in [6.45, 7) is 5.77. The Hall–Kier alpha value is -3.01. The van der Waals surface area contributed by atoms with E-state index in [1.165, 1.54) is 34.5 Å². The molecular formula is C32H43N3O8S3. The zero-order chi connectivity index (χ0) is 33.5. The van der Waals surface area contributed by atoms with E-state index in [4.69, 9.17) is 9.47 Å². The number of carbonyl (C=O) groups is 1. The van der Waals surface area contributed by atoms with Gasteiger partial charge in [0.1, 0.15) is 9.96 Å².